The van der Waals surface area contributed by atoms with Crippen LogP contribution in [0.3, 0.4) is 0 Å². The molecule has 150 valence electrons. The van der Waals surface area contributed by atoms with Gasteiger partial charge < -0.3 is 14.7 Å². The Morgan fingerprint density at radius 1 is 1.03 bits per heavy atom. The highest BCUT2D eigenvalue weighted by Crippen LogP contribution is 2.31. The van der Waals surface area contributed by atoms with Gasteiger partial charge in [-0.3, -0.25) is 0 Å². The lowest BCUT2D eigenvalue weighted by Crippen LogP contribution is -2.22. The number of aromatic amines is 2. The molecule has 0 radical (unpaired) electrons. The number of para-hydroxylation sites is 1. The standard InChI is InChI=1S/C24H28N4O/c1-15(2)22-25-14-19(26-22)17-11-9-16(10-12-17)13-24(3,4)23-27-18-7-6-8-20(29-5)21(18)28-23/h6-12,14-15H,13H2,1-5H3,(H,25,26)(H,27,28). The first-order chi connectivity index (χ1) is 13.9. The molecule has 2 aromatic heterocycles. The molecule has 2 heterocycles. The van der Waals surface area contributed by atoms with Crippen molar-refractivity contribution < 1.29 is 4.74 Å². The highest BCUT2D eigenvalue weighted by atomic mass is 16.5. The van der Waals surface area contributed by atoms with Crippen molar-refractivity contribution in [2.24, 2.45) is 0 Å². The second-order valence-corrected chi connectivity index (χ2v) is 8.53. The van der Waals surface area contributed by atoms with Crippen LogP contribution in [-0.4, -0.2) is 27.0 Å². The Hall–Kier alpha value is -3.08. The Labute approximate surface area is 171 Å². The van der Waals surface area contributed by atoms with E-state index in [1.165, 1.54) is 5.56 Å². The fourth-order valence-electron chi connectivity index (χ4n) is 3.66. The number of fused-ring (bicyclic) bond motifs is 1. The van der Waals surface area contributed by atoms with E-state index in [9.17, 15) is 0 Å². The molecule has 0 aliphatic carbocycles. The van der Waals surface area contributed by atoms with E-state index in [-0.39, 0.29) is 5.41 Å². The summed E-state index contributed by atoms with van der Waals surface area (Å²) in [5, 5.41) is 0. The molecule has 4 rings (SSSR count). The summed E-state index contributed by atoms with van der Waals surface area (Å²) in [6.45, 7) is 8.71. The number of aromatic nitrogens is 4. The predicted molar refractivity (Wildman–Crippen MR) is 117 cm³/mol. The Bertz CT molecular complexity index is 1120. The average molecular weight is 389 g/mol. The van der Waals surface area contributed by atoms with Crippen LogP contribution in [0, 0.1) is 0 Å². The summed E-state index contributed by atoms with van der Waals surface area (Å²) in [6, 6.07) is 14.6. The van der Waals surface area contributed by atoms with Gasteiger partial charge >= 0.3 is 0 Å². The van der Waals surface area contributed by atoms with E-state index in [4.69, 9.17) is 14.7 Å². The Morgan fingerprint density at radius 2 is 1.79 bits per heavy atom. The minimum absolute atomic E-state index is 0.136. The van der Waals surface area contributed by atoms with Crippen LogP contribution in [0.15, 0.2) is 48.7 Å². The van der Waals surface area contributed by atoms with E-state index >= 15 is 0 Å². The van der Waals surface area contributed by atoms with Crippen molar-refractivity contribution in [3.05, 3.63) is 65.9 Å². The van der Waals surface area contributed by atoms with Crippen molar-refractivity contribution in [2.75, 3.05) is 7.11 Å². The highest BCUT2D eigenvalue weighted by Gasteiger charge is 2.26. The average Bonchev–Trinajstić information content (AvgIpc) is 3.36. The number of nitrogens with zero attached hydrogens (tertiary/aromatic N) is 2. The van der Waals surface area contributed by atoms with Gasteiger partial charge in [-0.25, -0.2) is 9.97 Å². The molecule has 2 N–H and O–H groups in total. The fourth-order valence-corrected chi connectivity index (χ4v) is 3.66. The minimum Gasteiger partial charge on any atom is -0.494 e. The van der Waals surface area contributed by atoms with Crippen molar-refractivity contribution in [3.63, 3.8) is 0 Å². The SMILES string of the molecule is COc1cccc2[nH]c(C(C)(C)Cc3ccc(-c4c[nH]c(C(C)C)n4)cc3)nc12. The molecule has 5 heteroatoms. The van der Waals surface area contributed by atoms with Crippen LogP contribution in [0.25, 0.3) is 22.3 Å². The molecular formula is C24H28N4O. The van der Waals surface area contributed by atoms with Crippen LogP contribution in [-0.2, 0) is 11.8 Å². The van der Waals surface area contributed by atoms with Crippen LogP contribution < -0.4 is 4.74 Å². The number of methoxy groups -OCH3 is 1. The van der Waals surface area contributed by atoms with Gasteiger partial charge in [0.15, 0.2) is 0 Å². The molecule has 0 spiro atoms. The van der Waals surface area contributed by atoms with Crippen LogP contribution in [0.1, 0.15) is 50.8 Å². The molecule has 0 bridgehead atoms. The van der Waals surface area contributed by atoms with Gasteiger partial charge in [0.25, 0.3) is 0 Å². The number of imidazole rings is 2. The smallest absolute Gasteiger partial charge is 0.146 e. The molecule has 0 aliphatic rings. The van der Waals surface area contributed by atoms with Gasteiger partial charge in [0.05, 0.1) is 18.3 Å². The Morgan fingerprint density at radius 3 is 2.45 bits per heavy atom. The Kier molecular flexibility index (Phi) is 4.91. The number of ether oxygens (including phenoxy) is 1. The zero-order valence-corrected chi connectivity index (χ0v) is 17.7. The van der Waals surface area contributed by atoms with Crippen LogP contribution >= 0.6 is 0 Å². The quantitative estimate of drug-likeness (QED) is 0.451. The largest absolute Gasteiger partial charge is 0.494 e. The van der Waals surface area contributed by atoms with Crippen molar-refractivity contribution >= 4 is 11.0 Å². The lowest BCUT2D eigenvalue weighted by molar-refractivity contribution is 0.418. The zero-order chi connectivity index (χ0) is 20.6. The first-order valence-electron chi connectivity index (χ1n) is 10.1. The molecule has 0 fully saturated rings. The van der Waals surface area contributed by atoms with Gasteiger partial charge in [0.1, 0.15) is 22.9 Å². The minimum atomic E-state index is -0.136. The molecule has 0 saturated heterocycles. The first kappa shape index (κ1) is 19.2. The van der Waals surface area contributed by atoms with Gasteiger partial charge in [-0.15, -0.1) is 0 Å². The lowest BCUT2D eigenvalue weighted by atomic mass is 9.85. The third-order valence-corrected chi connectivity index (χ3v) is 5.38. The maximum Gasteiger partial charge on any atom is 0.146 e. The summed E-state index contributed by atoms with van der Waals surface area (Å²) in [5.74, 6) is 3.18. The van der Waals surface area contributed by atoms with Crippen molar-refractivity contribution in [1.82, 2.24) is 19.9 Å². The third kappa shape index (κ3) is 3.77. The molecule has 0 unspecified atom stereocenters. The number of rotatable bonds is 6. The summed E-state index contributed by atoms with van der Waals surface area (Å²) < 4.78 is 5.45. The van der Waals surface area contributed by atoms with Crippen LogP contribution in [0.5, 0.6) is 5.75 Å². The van der Waals surface area contributed by atoms with Crippen molar-refractivity contribution in [1.29, 1.82) is 0 Å². The van der Waals surface area contributed by atoms with Crippen molar-refractivity contribution in [3.8, 4) is 17.0 Å². The maximum absolute atomic E-state index is 5.45. The molecule has 2 aromatic carbocycles. The topological polar surface area (TPSA) is 66.6 Å². The molecule has 4 aromatic rings. The first-order valence-corrected chi connectivity index (χ1v) is 10.1. The molecule has 0 aliphatic heterocycles. The van der Waals surface area contributed by atoms with Gasteiger partial charge in [0, 0.05) is 23.1 Å². The summed E-state index contributed by atoms with van der Waals surface area (Å²) in [7, 11) is 1.68. The summed E-state index contributed by atoms with van der Waals surface area (Å²) >= 11 is 0. The second kappa shape index (κ2) is 7.39. The van der Waals surface area contributed by atoms with E-state index in [0.717, 1.165) is 46.1 Å². The molecule has 29 heavy (non-hydrogen) atoms. The van der Waals surface area contributed by atoms with E-state index < -0.39 is 0 Å². The second-order valence-electron chi connectivity index (χ2n) is 8.53. The molecule has 0 amide bonds. The van der Waals surface area contributed by atoms with Crippen molar-refractivity contribution in [2.45, 2.75) is 45.4 Å². The lowest BCUT2D eigenvalue weighted by Gasteiger charge is -2.22. The van der Waals surface area contributed by atoms with Crippen LogP contribution in [0.4, 0.5) is 0 Å². The fraction of sp³-hybridized carbons (Fsp3) is 0.333. The van der Waals surface area contributed by atoms with Crippen LogP contribution in [0.2, 0.25) is 0 Å². The van der Waals surface area contributed by atoms with E-state index in [1.54, 1.807) is 7.11 Å². The van der Waals surface area contributed by atoms with Gasteiger partial charge in [-0.2, -0.15) is 0 Å². The third-order valence-electron chi connectivity index (χ3n) is 5.38. The molecule has 0 saturated carbocycles. The Balaban J connectivity index is 1.56. The summed E-state index contributed by atoms with van der Waals surface area (Å²) in [5.41, 5.74) is 5.14. The number of H-pyrrole nitrogens is 2. The number of hydrogen-bond donors (Lipinski definition) is 2. The van der Waals surface area contributed by atoms with Gasteiger partial charge in [-0.1, -0.05) is 58.0 Å². The monoisotopic (exact) mass is 388 g/mol. The van der Waals surface area contributed by atoms with Gasteiger partial charge in [0.2, 0.25) is 0 Å². The zero-order valence-electron chi connectivity index (χ0n) is 17.7. The summed E-state index contributed by atoms with van der Waals surface area (Å²) in [4.78, 5) is 16.3. The normalized spacial score (nSPS) is 12.1. The maximum atomic E-state index is 5.45. The van der Waals surface area contributed by atoms with E-state index in [1.807, 2.05) is 24.4 Å². The number of nitrogens with one attached hydrogen (secondary N) is 2. The van der Waals surface area contributed by atoms with E-state index in [0.29, 0.717) is 5.92 Å². The predicted octanol–water partition coefficient (Wildman–Crippen LogP) is 5.61. The van der Waals surface area contributed by atoms with Gasteiger partial charge in [-0.05, 0) is 24.1 Å². The van der Waals surface area contributed by atoms with E-state index in [2.05, 4.69) is 61.9 Å². The number of hydrogen-bond acceptors (Lipinski definition) is 3. The highest BCUT2D eigenvalue weighted by molar-refractivity contribution is 5.81. The summed E-state index contributed by atoms with van der Waals surface area (Å²) in [6.07, 6.45) is 2.86. The molecule has 0 atom stereocenters. The number of benzene rings is 2. The molecular weight excluding hydrogens is 360 g/mol. The molecule has 5 nitrogen and oxygen atoms in total.